The maximum Gasteiger partial charge on any atom is 0.260 e. The van der Waals surface area contributed by atoms with Crippen LogP contribution in [0.2, 0.25) is 0 Å². The first kappa shape index (κ1) is 22.0. The zero-order valence-corrected chi connectivity index (χ0v) is 19.0. The molecule has 1 saturated carbocycles. The molecule has 0 saturated heterocycles. The summed E-state index contributed by atoms with van der Waals surface area (Å²) in [6.07, 6.45) is 11.3. The van der Waals surface area contributed by atoms with E-state index < -0.39 is 0 Å². The van der Waals surface area contributed by atoms with Crippen LogP contribution < -0.4 is 15.8 Å². The van der Waals surface area contributed by atoms with Crippen LogP contribution >= 0.6 is 0 Å². The number of ether oxygens (including phenoxy) is 1. The number of methoxy groups -OCH3 is 1. The van der Waals surface area contributed by atoms with Gasteiger partial charge in [0.25, 0.3) is 5.56 Å². The first-order valence-electron chi connectivity index (χ1n) is 11.1. The van der Waals surface area contributed by atoms with Gasteiger partial charge in [-0.25, -0.2) is 4.98 Å². The minimum Gasteiger partial charge on any atom is -0.481 e. The second-order valence-corrected chi connectivity index (χ2v) is 8.86. The molecule has 32 heavy (non-hydrogen) atoms. The van der Waals surface area contributed by atoms with E-state index in [1.165, 1.54) is 24.8 Å². The van der Waals surface area contributed by atoms with Crippen LogP contribution in [0.3, 0.4) is 0 Å². The predicted octanol–water partition coefficient (Wildman–Crippen LogP) is 3.48. The maximum absolute atomic E-state index is 12.9. The fourth-order valence-corrected chi connectivity index (χ4v) is 4.20. The number of hydrogen-bond acceptors (Lipinski definition) is 5. The fraction of sp³-hybridized carbons (Fsp3) is 0.400. The molecule has 7 heteroatoms. The molecule has 1 aliphatic carbocycles. The highest BCUT2D eigenvalue weighted by molar-refractivity contribution is 5.81. The Morgan fingerprint density at radius 1 is 1.34 bits per heavy atom. The molecule has 0 spiro atoms. The molecule has 1 fully saturated rings. The van der Waals surface area contributed by atoms with Crippen LogP contribution in [0.4, 0.5) is 0 Å². The number of nitrogens with zero attached hydrogens (tertiary/aromatic N) is 4. The zero-order valence-electron chi connectivity index (χ0n) is 19.0. The average molecular weight is 434 g/mol. The van der Waals surface area contributed by atoms with E-state index >= 15 is 0 Å². The second-order valence-electron chi connectivity index (χ2n) is 8.86. The number of hydrogen-bond donors (Lipinski definition) is 1. The number of rotatable bonds is 8. The lowest BCUT2D eigenvalue weighted by molar-refractivity contribution is 0.200. The van der Waals surface area contributed by atoms with Gasteiger partial charge in [0.15, 0.2) is 0 Å². The summed E-state index contributed by atoms with van der Waals surface area (Å²) in [5.41, 5.74) is 2.48. The molecule has 1 N–H and O–H groups in total. The summed E-state index contributed by atoms with van der Waals surface area (Å²) in [5.74, 6) is 1.32. The smallest absolute Gasteiger partial charge is 0.260 e. The van der Waals surface area contributed by atoms with Crippen molar-refractivity contribution in [2.75, 3.05) is 20.7 Å². The quantitative estimate of drug-likeness (QED) is 0.590. The van der Waals surface area contributed by atoms with Crippen molar-refractivity contribution >= 4 is 17.0 Å². The van der Waals surface area contributed by atoms with E-state index in [-0.39, 0.29) is 5.56 Å². The molecule has 3 aromatic heterocycles. The summed E-state index contributed by atoms with van der Waals surface area (Å²) in [6, 6.07) is 7.52. The van der Waals surface area contributed by atoms with Crippen LogP contribution in [0.15, 0.2) is 53.2 Å². The van der Waals surface area contributed by atoms with Gasteiger partial charge in [-0.05, 0) is 61.4 Å². The van der Waals surface area contributed by atoms with Crippen LogP contribution in [0.25, 0.3) is 17.0 Å². The second kappa shape index (κ2) is 9.53. The van der Waals surface area contributed by atoms with E-state index in [2.05, 4.69) is 16.9 Å². The Morgan fingerprint density at radius 2 is 2.16 bits per heavy atom. The Morgan fingerprint density at radius 3 is 2.88 bits per heavy atom. The summed E-state index contributed by atoms with van der Waals surface area (Å²) in [7, 11) is 3.72. The van der Waals surface area contributed by atoms with E-state index in [1.807, 2.05) is 42.1 Å². The Labute approximate surface area is 188 Å². The molecular formula is C25H31N5O2. The van der Waals surface area contributed by atoms with Gasteiger partial charge >= 0.3 is 0 Å². The van der Waals surface area contributed by atoms with Gasteiger partial charge in [0.1, 0.15) is 5.49 Å². The summed E-state index contributed by atoms with van der Waals surface area (Å²) >= 11 is 0. The monoisotopic (exact) mass is 433 g/mol. The van der Waals surface area contributed by atoms with Crippen molar-refractivity contribution in [3.05, 3.63) is 69.8 Å². The number of aromatic nitrogens is 3. The third-order valence-corrected chi connectivity index (χ3v) is 6.11. The van der Waals surface area contributed by atoms with Crippen LogP contribution in [0.1, 0.15) is 31.7 Å². The Hall–Kier alpha value is -3.19. The molecule has 0 radical (unpaired) electrons. The third-order valence-electron chi connectivity index (χ3n) is 6.11. The van der Waals surface area contributed by atoms with Crippen molar-refractivity contribution in [3.63, 3.8) is 0 Å². The first-order chi connectivity index (χ1) is 15.4. The normalized spacial score (nSPS) is 14.7. The van der Waals surface area contributed by atoms with Gasteiger partial charge in [-0.1, -0.05) is 12.5 Å². The summed E-state index contributed by atoms with van der Waals surface area (Å²) < 4.78 is 8.65. The molecule has 0 atom stereocenters. The molecule has 0 amide bonds. The average Bonchev–Trinajstić information content (AvgIpc) is 2.75. The SMILES string of the molecule is COc1cc2ccn(C/C(C)=C/n3cc(CN(C)CC4CCC4)ccc3=N)c(=O)c2cn1. The van der Waals surface area contributed by atoms with Crippen LogP contribution in [0.5, 0.6) is 5.88 Å². The van der Waals surface area contributed by atoms with E-state index in [9.17, 15) is 4.79 Å². The maximum atomic E-state index is 12.9. The highest BCUT2D eigenvalue weighted by Gasteiger charge is 2.19. The standard InChI is InChI=1S/C25H31N5O2/c1-18(13-29-10-9-21-11-24(32-3)27-12-22(21)25(29)31)14-30-17-20(7-8-23(30)26)16-28(2)15-19-5-4-6-19/h7-12,14,17,19,26H,4-6,13,15-16H2,1-3H3/b18-14+,26-23?. The fourth-order valence-electron chi connectivity index (χ4n) is 4.20. The number of pyridine rings is 3. The van der Waals surface area contributed by atoms with Crippen molar-refractivity contribution in [2.45, 2.75) is 39.3 Å². The highest BCUT2D eigenvalue weighted by Crippen LogP contribution is 2.27. The molecule has 0 aliphatic heterocycles. The lowest BCUT2D eigenvalue weighted by Crippen LogP contribution is -2.29. The van der Waals surface area contributed by atoms with Crippen LogP contribution in [-0.2, 0) is 13.1 Å². The van der Waals surface area contributed by atoms with Crippen molar-refractivity contribution in [2.24, 2.45) is 5.92 Å². The van der Waals surface area contributed by atoms with Gasteiger partial charge in [-0.3, -0.25) is 10.2 Å². The molecule has 3 aromatic rings. The van der Waals surface area contributed by atoms with Gasteiger partial charge in [0, 0.05) is 50.5 Å². The van der Waals surface area contributed by atoms with E-state index in [1.54, 1.807) is 30.1 Å². The molecule has 3 heterocycles. The molecule has 7 nitrogen and oxygen atoms in total. The van der Waals surface area contributed by atoms with Crippen molar-refractivity contribution < 1.29 is 4.74 Å². The molecule has 168 valence electrons. The Bertz CT molecular complexity index is 1250. The van der Waals surface area contributed by atoms with Crippen molar-refractivity contribution in [1.29, 1.82) is 5.41 Å². The Kier molecular flexibility index (Phi) is 6.55. The minimum absolute atomic E-state index is 0.0899. The molecule has 4 rings (SSSR count). The predicted molar refractivity (Wildman–Crippen MR) is 126 cm³/mol. The van der Waals surface area contributed by atoms with E-state index in [4.69, 9.17) is 10.1 Å². The highest BCUT2D eigenvalue weighted by atomic mass is 16.5. The molecular weight excluding hydrogens is 402 g/mol. The van der Waals surface area contributed by atoms with Gasteiger partial charge in [-0.2, -0.15) is 0 Å². The molecule has 1 aliphatic rings. The molecule has 0 aromatic carbocycles. The van der Waals surface area contributed by atoms with E-state index in [0.717, 1.165) is 30.0 Å². The van der Waals surface area contributed by atoms with E-state index in [0.29, 0.717) is 23.3 Å². The van der Waals surface area contributed by atoms with Crippen molar-refractivity contribution in [1.82, 2.24) is 19.0 Å². The summed E-state index contributed by atoms with van der Waals surface area (Å²) in [4.78, 5) is 19.4. The topological polar surface area (TPSA) is 76.1 Å². The van der Waals surface area contributed by atoms with Crippen molar-refractivity contribution in [3.8, 4) is 5.88 Å². The number of allylic oxidation sites excluding steroid dienone is 1. The number of nitrogens with one attached hydrogen (secondary N) is 1. The lowest BCUT2D eigenvalue weighted by Gasteiger charge is -2.30. The third kappa shape index (κ3) is 4.99. The van der Waals surface area contributed by atoms with Gasteiger partial charge < -0.3 is 18.8 Å². The van der Waals surface area contributed by atoms with Crippen LogP contribution in [-0.4, -0.2) is 39.7 Å². The Balaban J connectivity index is 1.51. The molecule has 0 bridgehead atoms. The van der Waals surface area contributed by atoms with Crippen LogP contribution in [0, 0.1) is 11.3 Å². The van der Waals surface area contributed by atoms with Gasteiger partial charge in [0.05, 0.1) is 12.5 Å². The minimum atomic E-state index is -0.0899. The first-order valence-corrected chi connectivity index (χ1v) is 11.1. The number of fused-ring (bicyclic) bond motifs is 1. The summed E-state index contributed by atoms with van der Waals surface area (Å²) in [6.45, 7) is 4.41. The summed E-state index contributed by atoms with van der Waals surface area (Å²) in [5, 5.41) is 9.65. The zero-order chi connectivity index (χ0) is 22.7. The largest absolute Gasteiger partial charge is 0.481 e. The lowest BCUT2D eigenvalue weighted by atomic mass is 9.85. The van der Waals surface area contributed by atoms with Gasteiger partial charge in [0.2, 0.25) is 5.88 Å². The molecule has 0 unspecified atom stereocenters. The van der Waals surface area contributed by atoms with Gasteiger partial charge in [-0.15, -0.1) is 0 Å².